The van der Waals surface area contributed by atoms with Gasteiger partial charge in [-0.1, -0.05) is 30.3 Å². The minimum atomic E-state index is -1.64. The van der Waals surface area contributed by atoms with Crippen molar-refractivity contribution in [3.63, 3.8) is 0 Å². The number of hydrogen-bond acceptors (Lipinski definition) is 5. The van der Waals surface area contributed by atoms with E-state index in [0.717, 1.165) is 5.56 Å². The number of ether oxygens (including phenoxy) is 3. The third-order valence-corrected chi connectivity index (χ3v) is 4.01. The molecule has 5 nitrogen and oxygen atoms in total. The Bertz CT molecular complexity index is 465. The molecule has 2 atom stereocenters. The summed E-state index contributed by atoms with van der Waals surface area (Å²) in [6.45, 7) is 6.05. The molecule has 2 unspecified atom stereocenters. The molecule has 0 aliphatic rings. The fourth-order valence-corrected chi connectivity index (χ4v) is 2.80. The van der Waals surface area contributed by atoms with Crippen LogP contribution in [0, 0.1) is 0 Å². The van der Waals surface area contributed by atoms with Crippen LogP contribution in [-0.2, 0) is 30.0 Å². The maximum atomic E-state index is 12.4. The van der Waals surface area contributed by atoms with Crippen molar-refractivity contribution in [3.8, 4) is 0 Å². The maximum Gasteiger partial charge on any atom is 0.353 e. The molecule has 122 valence electrons. The van der Waals surface area contributed by atoms with Gasteiger partial charge in [0.25, 0.3) is 5.34 Å². The highest BCUT2D eigenvalue weighted by atomic mass is 31.1. The van der Waals surface area contributed by atoms with Crippen molar-refractivity contribution in [3.05, 3.63) is 35.9 Å². The van der Waals surface area contributed by atoms with E-state index >= 15 is 0 Å². The second-order valence-corrected chi connectivity index (χ2v) is 5.42. The molecule has 1 rings (SSSR count). The van der Waals surface area contributed by atoms with Gasteiger partial charge in [-0.05, 0) is 26.3 Å². The van der Waals surface area contributed by atoms with E-state index in [1.807, 2.05) is 37.3 Å². The molecule has 0 spiro atoms. The van der Waals surface area contributed by atoms with Crippen molar-refractivity contribution in [1.29, 1.82) is 0 Å². The van der Waals surface area contributed by atoms with Gasteiger partial charge in [-0.15, -0.1) is 0 Å². The summed E-state index contributed by atoms with van der Waals surface area (Å²) in [4.78, 5) is 12.4. The zero-order chi connectivity index (χ0) is 16.4. The Morgan fingerprint density at radius 2 is 1.82 bits per heavy atom. The molecule has 0 fully saturated rings. The highest BCUT2D eigenvalue weighted by Crippen LogP contribution is 2.34. The molecule has 0 N–H and O–H groups in total. The van der Waals surface area contributed by atoms with Gasteiger partial charge in [-0.2, -0.15) is 0 Å². The van der Waals surface area contributed by atoms with Crippen LogP contribution >= 0.6 is 8.46 Å². The fraction of sp³-hybridized carbons (Fsp3) is 0.562. The van der Waals surface area contributed by atoms with E-state index in [0.29, 0.717) is 13.0 Å². The average Bonchev–Trinajstić information content (AvgIpc) is 2.53. The number of rotatable bonds is 10. The normalized spacial score (nSPS) is 15.2. The molecule has 0 saturated heterocycles. The number of hydrogen-bond donors (Lipinski definition) is 0. The zero-order valence-corrected chi connectivity index (χ0v) is 14.2. The van der Waals surface area contributed by atoms with Gasteiger partial charge in [0.15, 0.2) is 0 Å². The number of carbonyl (C=O) groups is 1. The van der Waals surface area contributed by atoms with Crippen LogP contribution < -0.4 is 0 Å². The molecule has 0 saturated carbocycles. The third-order valence-electron chi connectivity index (χ3n) is 3.14. The van der Waals surface area contributed by atoms with Crippen molar-refractivity contribution < 1.29 is 23.6 Å². The molecule has 22 heavy (non-hydrogen) atoms. The molecular weight excluding hydrogens is 303 g/mol. The van der Waals surface area contributed by atoms with Gasteiger partial charge < -0.3 is 14.2 Å². The smallest absolute Gasteiger partial charge is 0.353 e. The monoisotopic (exact) mass is 326 g/mol. The molecule has 0 amide bonds. The SMILES string of the molecule is CCOC(=O)C(OCC)(P=O)C(Cc1ccccc1)OCC. The van der Waals surface area contributed by atoms with E-state index in [-0.39, 0.29) is 13.2 Å². The zero-order valence-electron chi connectivity index (χ0n) is 13.3. The van der Waals surface area contributed by atoms with Crippen LogP contribution in [0.2, 0.25) is 0 Å². The van der Waals surface area contributed by atoms with Gasteiger partial charge >= 0.3 is 5.97 Å². The first-order chi connectivity index (χ1) is 10.6. The predicted molar refractivity (Wildman–Crippen MR) is 84.2 cm³/mol. The van der Waals surface area contributed by atoms with Gasteiger partial charge in [0.1, 0.15) is 6.10 Å². The van der Waals surface area contributed by atoms with Crippen LogP contribution in [-0.4, -0.2) is 37.2 Å². The van der Waals surface area contributed by atoms with Crippen molar-refractivity contribution in [2.45, 2.75) is 38.6 Å². The minimum absolute atomic E-state index is 0.188. The lowest BCUT2D eigenvalue weighted by atomic mass is 10.0. The van der Waals surface area contributed by atoms with Crippen LogP contribution in [0.3, 0.4) is 0 Å². The molecule has 0 heterocycles. The van der Waals surface area contributed by atoms with Gasteiger partial charge in [-0.25, -0.2) is 4.79 Å². The summed E-state index contributed by atoms with van der Waals surface area (Å²) in [5.74, 6) is -0.664. The first-order valence-electron chi connectivity index (χ1n) is 7.45. The quantitative estimate of drug-likeness (QED) is 0.488. The lowest BCUT2D eigenvalue weighted by Crippen LogP contribution is -2.50. The Hall–Kier alpha value is -1.29. The van der Waals surface area contributed by atoms with Gasteiger partial charge in [0.2, 0.25) is 8.46 Å². The second-order valence-electron chi connectivity index (χ2n) is 4.57. The largest absolute Gasteiger partial charge is 0.463 e. The molecule has 1 aromatic rings. The van der Waals surface area contributed by atoms with Crippen LogP contribution in [0.25, 0.3) is 0 Å². The Kier molecular flexibility index (Phi) is 8.25. The van der Waals surface area contributed by atoms with Gasteiger partial charge in [-0.3, -0.25) is 4.57 Å². The number of esters is 1. The maximum absolute atomic E-state index is 12.4. The Labute approximate surface area is 133 Å². The first kappa shape index (κ1) is 18.8. The summed E-state index contributed by atoms with van der Waals surface area (Å²) in [5, 5.41) is -1.64. The predicted octanol–water partition coefficient (Wildman–Crippen LogP) is 3.22. The first-order valence-corrected chi connectivity index (χ1v) is 8.27. The third kappa shape index (κ3) is 4.60. The van der Waals surface area contributed by atoms with E-state index in [4.69, 9.17) is 14.2 Å². The summed E-state index contributed by atoms with van der Waals surface area (Å²) in [6, 6.07) is 9.57. The van der Waals surface area contributed by atoms with Gasteiger partial charge in [0, 0.05) is 19.6 Å². The summed E-state index contributed by atoms with van der Waals surface area (Å²) in [7, 11) is -0.464. The molecule has 0 aliphatic carbocycles. The highest BCUT2D eigenvalue weighted by molar-refractivity contribution is 7.27. The minimum Gasteiger partial charge on any atom is -0.463 e. The van der Waals surface area contributed by atoms with E-state index in [1.54, 1.807) is 13.8 Å². The summed E-state index contributed by atoms with van der Waals surface area (Å²) >= 11 is 0. The molecule has 0 radical (unpaired) electrons. The summed E-state index contributed by atoms with van der Waals surface area (Å²) in [6.07, 6.45) is -0.291. The Balaban J connectivity index is 3.13. The van der Waals surface area contributed by atoms with E-state index in [1.165, 1.54) is 0 Å². The summed E-state index contributed by atoms with van der Waals surface area (Å²) in [5.41, 5.74) is 0.970. The molecule has 0 aliphatic heterocycles. The van der Waals surface area contributed by atoms with E-state index < -0.39 is 25.9 Å². The molecule has 1 aromatic carbocycles. The molecule has 0 aromatic heterocycles. The summed E-state index contributed by atoms with van der Waals surface area (Å²) < 4.78 is 28.1. The Morgan fingerprint density at radius 1 is 1.14 bits per heavy atom. The Morgan fingerprint density at radius 3 is 2.32 bits per heavy atom. The number of carbonyl (C=O) groups excluding carboxylic acids is 1. The van der Waals surface area contributed by atoms with Crippen LogP contribution in [0.5, 0.6) is 0 Å². The topological polar surface area (TPSA) is 61.8 Å². The van der Waals surface area contributed by atoms with Crippen molar-refractivity contribution in [2.75, 3.05) is 19.8 Å². The lowest BCUT2D eigenvalue weighted by molar-refractivity contribution is -0.174. The van der Waals surface area contributed by atoms with Crippen molar-refractivity contribution in [2.24, 2.45) is 0 Å². The second kappa shape index (κ2) is 9.67. The van der Waals surface area contributed by atoms with Crippen molar-refractivity contribution in [1.82, 2.24) is 0 Å². The van der Waals surface area contributed by atoms with Crippen LogP contribution in [0.1, 0.15) is 26.3 Å². The average molecular weight is 326 g/mol. The van der Waals surface area contributed by atoms with E-state index in [2.05, 4.69) is 0 Å². The number of benzene rings is 1. The standard InChI is InChI=1S/C16H23O5P/c1-4-19-14(12-13-10-8-7-9-11-13)16(22-18,21-6-3)15(17)20-5-2/h7-11,14H,4-6,12H2,1-3H3. The van der Waals surface area contributed by atoms with Crippen molar-refractivity contribution >= 4 is 14.4 Å². The van der Waals surface area contributed by atoms with E-state index in [9.17, 15) is 9.36 Å². The fourth-order valence-electron chi connectivity index (χ4n) is 2.20. The van der Waals surface area contributed by atoms with Crippen LogP contribution in [0.15, 0.2) is 30.3 Å². The molecule has 0 bridgehead atoms. The highest BCUT2D eigenvalue weighted by Gasteiger charge is 2.50. The lowest BCUT2D eigenvalue weighted by Gasteiger charge is -2.32. The van der Waals surface area contributed by atoms with Gasteiger partial charge in [0.05, 0.1) is 6.61 Å². The van der Waals surface area contributed by atoms with Crippen LogP contribution in [0.4, 0.5) is 0 Å². The molecular formula is C16H23O5P. The molecule has 6 heteroatoms.